The number of carbonyl (C=O) groups excluding carboxylic acids is 2. The third-order valence-corrected chi connectivity index (χ3v) is 4.31. The number of urea groups is 1. The lowest BCUT2D eigenvalue weighted by Gasteiger charge is -2.16. The first-order valence-corrected chi connectivity index (χ1v) is 8.73. The molecule has 6 heteroatoms. The van der Waals surface area contributed by atoms with Crippen LogP contribution in [0.15, 0.2) is 48.5 Å². The maximum atomic E-state index is 12.2. The van der Waals surface area contributed by atoms with E-state index >= 15 is 0 Å². The van der Waals surface area contributed by atoms with Crippen LogP contribution in [-0.2, 0) is 11.2 Å². The Morgan fingerprint density at radius 2 is 1.65 bits per heavy atom. The van der Waals surface area contributed by atoms with Crippen LogP contribution in [0, 0.1) is 0 Å². The SMILES string of the molecule is COc1ccc(CC(=O)Nc2cccc(NC(=O)N3CCCC3)c2)cc1. The summed E-state index contributed by atoms with van der Waals surface area (Å²) in [6, 6.07) is 14.5. The maximum Gasteiger partial charge on any atom is 0.321 e. The smallest absolute Gasteiger partial charge is 0.321 e. The molecule has 0 radical (unpaired) electrons. The molecule has 0 saturated carbocycles. The fourth-order valence-corrected chi connectivity index (χ4v) is 2.93. The van der Waals surface area contributed by atoms with Gasteiger partial charge in [0.25, 0.3) is 0 Å². The number of hydrogen-bond acceptors (Lipinski definition) is 3. The summed E-state index contributed by atoms with van der Waals surface area (Å²) >= 11 is 0. The topological polar surface area (TPSA) is 70.7 Å². The van der Waals surface area contributed by atoms with E-state index in [4.69, 9.17) is 4.74 Å². The fourth-order valence-electron chi connectivity index (χ4n) is 2.93. The van der Waals surface area contributed by atoms with E-state index in [2.05, 4.69) is 10.6 Å². The number of likely N-dealkylation sites (tertiary alicyclic amines) is 1. The number of anilines is 2. The quantitative estimate of drug-likeness (QED) is 0.864. The summed E-state index contributed by atoms with van der Waals surface area (Å²) in [6.45, 7) is 1.59. The minimum Gasteiger partial charge on any atom is -0.497 e. The summed E-state index contributed by atoms with van der Waals surface area (Å²) in [5.74, 6) is 0.647. The summed E-state index contributed by atoms with van der Waals surface area (Å²) in [7, 11) is 1.61. The Morgan fingerprint density at radius 3 is 2.31 bits per heavy atom. The molecule has 0 bridgehead atoms. The molecule has 136 valence electrons. The van der Waals surface area contributed by atoms with Crippen LogP contribution in [0.3, 0.4) is 0 Å². The van der Waals surface area contributed by atoms with Crippen molar-refractivity contribution in [3.8, 4) is 5.75 Å². The molecule has 3 amide bonds. The van der Waals surface area contributed by atoms with Gasteiger partial charge in [-0.2, -0.15) is 0 Å². The van der Waals surface area contributed by atoms with Gasteiger partial charge in [-0.25, -0.2) is 4.79 Å². The predicted molar refractivity (Wildman–Crippen MR) is 102 cm³/mol. The minimum absolute atomic E-state index is 0.0933. The second-order valence-electron chi connectivity index (χ2n) is 6.28. The van der Waals surface area contributed by atoms with Gasteiger partial charge in [-0.15, -0.1) is 0 Å². The molecule has 0 spiro atoms. The molecule has 3 rings (SSSR count). The molecule has 0 atom stereocenters. The highest BCUT2D eigenvalue weighted by molar-refractivity contribution is 5.94. The number of amides is 3. The van der Waals surface area contributed by atoms with E-state index in [-0.39, 0.29) is 18.4 Å². The minimum atomic E-state index is -0.113. The Bertz CT molecular complexity index is 768. The highest BCUT2D eigenvalue weighted by atomic mass is 16.5. The van der Waals surface area contributed by atoms with Crippen molar-refractivity contribution in [3.63, 3.8) is 0 Å². The molecule has 1 aliphatic heterocycles. The molecule has 1 fully saturated rings. The van der Waals surface area contributed by atoms with E-state index in [1.807, 2.05) is 36.4 Å². The van der Waals surface area contributed by atoms with Gasteiger partial charge in [-0.05, 0) is 48.7 Å². The van der Waals surface area contributed by atoms with Crippen LogP contribution < -0.4 is 15.4 Å². The molecule has 2 aromatic carbocycles. The van der Waals surface area contributed by atoms with E-state index in [1.165, 1.54) is 0 Å². The van der Waals surface area contributed by atoms with Crippen LogP contribution in [0.25, 0.3) is 0 Å². The van der Waals surface area contributed by atoms with Crippen LogP contribution in [0.1, 0.15) is 18.4 Å². The fraction of sp³-hybridized carbons (Fsp3) is 0.300. The summed E-state index contributed by atoms with van der Waals surface area (Å²) < 4.78 is 5.11. The van der Waals surface area contributed by atoms with Gasteiger partial charge in [0, 0.05) is 24.5 Å². The molecule has 2 aromatic rings. The molecule has 0 aromatic heterocycles. The number of hydrogen-bond donors (Lipinski definition) is 2. The van der Waals surface area contributed by atoms with Crippen molar-refractivity contribution in [3.05, 3.63) is 54.1 Å². The van der Waals surface area contributed by atoms with Crippen molar-refractivity contribution in [2.45, 2.75) is 19.3 Å². The zero-order chi connectivity index (χ0) is 18.4. The van der Waals surface area contributed by atoms with E-state index in [9.17, 15) is 9.59 Å². The number of benzene rings is 2. The molecule has 1 heterocycles. The van der Waals surface area contributed by atoms with Gasteiger partial charge in [0.1, 0.15) is 5.75 Å². The third kappa shape index (κ3) is 4.75. The van der Waals surface area contributed by atoms with Crippen molar-refractivity contribution in [1.82, 2.24) is 4.90 Å². The Kier molecular flexibility index (Phi) is 5.73. The molecule has 6 nitrogen and oxygen atoms in total. The number of methoxy groups -OCH3 is 1. The second-order valence-corrected chi connectivity index (χ2v) is 6.28. The second kappa shape index (κ2) is 8.38. The Labute approximate surface area is 153 Å². The van der Waals surface area contributed by atoms with Crippen LogP contribution in [-0.4, -0.2) is 37.0 Å². The van der Waals surface area contributed by atoms with Gasteiger partial charge in [0.2, 0.25) is 5.91 Å². The largest absolute Gasteiger partial charge is 0.497 e. The first kappa shape index (κ1) is 17.8. The van der Waals surface area contributed by atoms with Gasteiger partial charge in [-0.3, -0.25) is 4.79 Å². The molecule has 1 saturated heterocycles. The Balaban J connectivity index is 1.56. The standard InChI is InChI=1S/C20H23N3O3/c1-26-18-9-7-15(8-10-18)13-19(24)21-16-5-4-6-17(14-16)22-20(25)23-11-2-3-12-23/h4-10,14H,2-3,11-13H2,1H3,(H,21,24)(H,22,25). The molecule has 0 unspecified atom stereocenters. The van der Waals surface area contributed by atoms with Gasteiger partial charge in [0.05, 0.1) is 13.5 Å². The van der Waals surface area contributed by atoms with E-state index in [0.29, 0.717) is 11.4 Å². The number of ether oxygens (including phenoxy) is 1. The number of nitrogens with one attached hydrogen (secondary N) is 2. The molecule has 1 aliphatic rings. The lowest BCUT2D eigenvalue weighted by Crippen LogP contribution is -2.32. The van der Waals surface area contributed by atoms with Crippen LogP contribution in [0.5, 0.6) is 5.75 Å². The van der Waals surface area contributed by atoms with Crippen LogP contribution >= 0.6 is 0 Å². The molecular weight excluding hydrogens is 330 g/mol. The monoisotopic (exact) mass is 353 g/mol. The summed E-state index contributed by atoms with van der Waals surface area (Å²) in [6.07, 6.45) is 2.37. The van der Waals surface area contributed by atoms with Crippen LogP contribution in [0.4, 0.5) is 16.2 Å². The molecule has 0 aliphatic carbocycles. The average molecular weight is 353 g/mol. The van der Waals surface area contributed by atoms with Crippen molar-refractivity contribution < 1.29 is 14.3 Å². The van der Waals surface area contributed by atoms with Crippen molar-refractivity contribution in [2.24, 2.45) is 0 Å². The third-order valence-electron chi connectivity index (χ3n) is 4.31. The van der Waals surface area contributed by atoms with Gasteiger partial charge in [0.15, 0.2) is 0 Å². The van der Waals surface area contributed by atoms with Gasteiger partial charge < -0.3 is 20.3 Å². The highest BCUT2D eigenvalue weighted by Crippen LogP contribution is 2.18. The average Bonchev–Trinajstić information content (AvgIpc) is 3.17. The number of nitrogens with zero attached hydrogens (tertiary/aromatic N) is 1. The normalized spacial score (nSPS) is 13.3. The van der Waals surface area contributed by atoms with Crippen LogP contribution in [0.2, 0.25) is 0 Å². The van der Waals surface area contributed by atoms with Gasteiger partial charge in [-0.1, -0.05) is 18.2 Å². The highest BCUT2D eigenvalue weighted by Gasteiger charge is 2.17. The lowest BCUT2D eigenvalue weighted by molar-refractivity contribution is -0.115. The van der Waals surface area contributed by atoms with Gasteiger partial charge >= 0.3 is 6.03 Å². The van der Waals surface area contributed by atoms with Crippen molar-refractivity contribution >= 4 is 23.3 Å². The van der Waals surface area contributed by atoms with E-state index < -0.39 is 0 Å². The molecule has 2 N–H and O–H groups in total. The summed E-state index contributed by atoms with van der Waals surface area (Å²) in [5, 5.41) is 5.75. The van der Waals surface area contributed by atoms with E-state index in [1.54, 1.807) is 24.1 Å². The summed E-state index contributed by atoms with van der Waals surface area (Å²) in [5.41, 5.74) is 2.23. The van der Waals surface area contributed by atoms with Crippen molar-refractivity contribution in [1.29, 1.82) is 0 Å². The molecule has 26 heavy (non-hydrogen) atoms. The first-order chi connectivity index (χ1) is 12.6. The lowest BCUT2D eigenvalue weighted by atomic mass is 10.1. The molecular formula is C20H23N3O3. The Morgan fingerprint density at radius 1 is 1.00 bits per heavy atom. The van der Waals surface area contributed by atoms with E-state index in [0.717, 1.165) is 37.2 Å². The zero-order valence-electron chi connectivity index (χ0n) is 14.8. The zero-order valence-corrected chi connectivity index (χ0v) is 14.8. The summed E-state index contributed by atoms with van der Waals surface area (Å²) in [4.78, 5) is 26.2. The van der Waals surface area contributed by atoms with Crippen molar-refractivity contribution in [2.75, 3.05) is 30.8 Å². The number of carbonyl (C=O) groups is 2. The first-order valence-electron chi connectivity index (χ1n) is 8.73. The maximum absolute atomic E-state index is 12.2. The number of rotatable bonds is 5. The predicted octanol–water partition coefficient (Wildman–Crippen LogP) is 3.50. The Hall–Kier alpha value is -3.02.